The van der Waals surface area contributed by atoms with Crippen LogP contribution in [0.25, 0.3) is 0 Å². The molecule has 9 heteroatoms. The summed E-state index contributed by atoms with van der Waals surface area (Å²) in [7, 11) is 0. The molecule has 0 unspecified atom stereocenters. The van der Waals surface area contributed by atoms with Crippen molar-refractivity contribution >= 4 is 17.5 Å². The summed E-state index contributed by atoms with van der Waals surface area (Å²) in [6, 6.07) is 6.36. The number of halogens is 3. The number of hydrogen-bond donors (Lipinski definition) is 1. The number of likely N-dealkylation sites (N-methyl/N-ethyl adjacent to an activating group) is 1. The topological polar surface area (TPSA) is 61.4 Å². The Morgan fingerprint density at radius 1 is 1.14 bits per heavy atom. The standard InChI is InChI=1S/C19H22F3N5O/c1-3-26-7-9-27(10-8-26)17(28)16-11-13(2)23-18(25-16)24-15-6-4-5-14(12-15)19(20,21)22/h4-6,11-12H,3,7-10H2,1-2H3,(H,23,24,25). The van der Waals surface area contributed by atoms with Crippen LogP contribution in [-0.2, 0) is 6.18 Å². The smallest absolute Gasteiger partial charge is 0.335 e. The Balaban J connectivity index is 1.78. The van der Waals surface area contributed by atoms with Crippen LogP contribution in [0.1, 0.15) is 28.7 Å². The second kappa shape index (κ2) is 8.14. The molecule has 0 atom stereocenters. The van der Waals surface area contributed by atoms with Crippen molar-refractivity contribution in [3.05, 3.63) is 47.3 Å². The Morgan fingerprint density at radius 2 is 1.86 bits per heavy atom. The number of anilines is 2. The van der Waals surface area contributed by atoms with Gasteiger partial charge in [0.1, 0.15) is 5.69 Å². The first-order valence-electron chi connectivity index (χ1n) is 9.08. The van der Waals surface area contributed by atoms with Gasteiger partial charge in [-0.05, 0) is 37.7 Å². The molecule has 1 aliphatic rings. The number of benzene rings is 1. The van der Waals surface area contributed by atoms with E-state index >= 15 is 0 Å². The number of aryl methyl sites for hydroxylation is 1. The summed E-state index contributed by atoms with van der Waals surface area (Å²) in [4.78, 5) is 25.2. The maximum Gasteiger partial charge on any atom is 0.416 e. The average molecular weight is 393 g/mol. The summed E-state index contributed by atoms with van der Waals surface area (Å²) in [5.41, 5.74) is 0.220. The second-order valence-electron chi connectivity index (χ2n) is 6.65. The molecular formula is C19H22F3N5O. The number of nitrogens with zero attached hydrogens (tertiary/aromatic N) is 4. The zero-order valence-electron chi connectivity index (χ0n) is 15.8. The van der Waals surface area contributed by atoms with Crippen LogP contribution in [-0.4, -0.2) is 58.4 Å². The van der Waals surface area contributed by atoms with E-state index < -0.39 is 11.7 Å². The average Bonchev–Trinajstić information content (AvgIpc) is 2.66. The summed E-state index contributed by atoms with van der Waals surface area (Å²) in [6.07, 6.45) is -4.44. The number of rotatable bonds is 4. The molecule has 1 saturated heterocycles. The van der Waals surface area contributed by atoms with Crippen LogP contribution in [0, 0.1) is 6.92 Å². The van der Waals surface area contributed by atoms with Gasteiger partial charge < -0.3 is 15.1 Å². The number of hydrogen-bond acceptors (Lipinski definition) is 5. The lowest BCUT2D eigenvalue weighted by Gasteiger charge is -2.33. The first-order chi connectivity index (χ1) is 13.3. The predicted octanol–water partition coefficient (Wildman–Crippen LogP) is 3.33. The van der Waals surface area contributed by atoms with Crippen LogP contribution in [0.5, 0.6) is 0 Å². The van der Waals surface area contributed by atoms with Gasteiger partial charge >= 0.3 is 6.18 Å². The fourth-order valence-corrected chi connectivity index (χ4v) is 3.07. The van der Waals surface area contributed by atoms with E-state index in [1.807, 2.05) is 0 Å². The molecule has 6 nitrogen and oxygen atoms in total. The molecule has 0 spiro atoms. The first kappa shape index (κ1) is 20.1. The van der Waals surface area contributed by atoms with Gasteiger partial charge in [-0.25, -0.2) is 9.97 Å². The van der Waals surface area contributed by atoms with Crippen molar-refractivity contribution in [3.63, 3.8) is 0 Å². The molecule has 150 valence electrons. The minimum Gasteiger partial charge on any atom is -0.335 e. The van der Waals surface area contributed by atoms with Crippen molar-refractivity contribution in [2.45, 2.75) is 20.0 Å². The third kappa shape index (κ3) is 4.78. The molecule has 2 heterocycles. The predicted molar refractivity (Wildman–Crippen MR) is 99.5 cm³/mol. The van der Waals surface area contributed by atoms with E-state index in [1.54, 1.807) is 17.9 Å². The fraction of sp³-hybridized carbons (Fsp3) is 0.421. The van der Waals surface area contributed by atoms with Gasteiger partial charge in [-0.2, -0.15) is 13.2 Å². The summed E-state index contributed by atoms with van der Waals surface area (Å²) < 4.78 is 38.7. The maximum absolute atomic E-state index is 12.9. The molecular weight excluding hydrogens is 371 g/mol. The van der Waals surface area contributed by atoms with Gasteiger partial charge in [-0.1, -0.05) is 13.0 Å². The highest BCUT2D eigenvalue weighted by Gasteiger charge is 2.30. The van der Waals surface area contributed by atoms with E-state index in [0.717, 1.165) is 31.8 Å². The molecule has 0 bridgehead atoms. The number of alkyl halides is 3. The van der Waals surface area contributed by atoms with Crippen molar-refractivity contribution in [1.29, 1.82) is 0 Å². The lowest BCUT2D eigenvalue weighted by Crippen LogP contribution is -2.48. The normalized spacial score (nSPS) is 15.5. The summed E-state index contributed by atoms with van der Waals surface area (Å²) in [5.74, 6) is -0.108. The van der Waals surface area contributed by atoms with E-state index in [1.165, 1.54) is 12.1 Å². The van der Waals surface area contributed by atoms with Crippen molar-refractivity contribution < 1.29 is 18.0 Å². The van der Waals surface area contributed by atoms with E-state index in [2.05, 4.69) is 27.1 Å². The van der Waals surface area contributed by atoms with Crippen molar-refractivity contribution in [2.24, 2.45) is 0 Å². The molecule has 1 aliphatic heterocycles. The minimum absolute atomic E-state index is 0.0925. The number of piperazine rings is 1. The van der Waals surface area contributed by atoms with Gasteiger partial charge in [0.25, 0.3) is 5.91 Å². The molecule has 1 N–H and O–H groups in total. The fourth-order valence-electron chi connectivity index (χ4n) is 3.07. The number of carbonyl (C=O) groups excluding carboxylic acids is 1. The summed E-state index contributed by atoms with van der Waals surface area (Å²) >= 11 is 0. The van der Waals surface area contributed by atoms with Crippen LogP contribution in [0.15, 0.2) is 30.3 Å². The Bertz CT molecular complexity index is 848. The van der Waals surface area contributed by atoms with Crippen LogP contribution in [0.3, 0.4) is 0 Å². The largest absolute Gasteiger partial charge is 0.416 e. The number of aromatic nitrogens is 2. The van der Waals surface area contributed by atoms with Gasteiger partial charge in [0.2, 0.25) is 5.95 Å². The lowest BCUT2D eigenvalue weighted by atomic mass is 10.2. The quantitative estimate of drug-likeness (QED) is 0.864. The van der Waals surface area contributed by atoms with Crippen LogP contribution >= 0.6 is 0 Å². The molecule has 0 radical (unpaired) electrons. The Labute approximate surface area is 161 Å². The van der Waals surface area contributed by atoms with Crippen LogP contribution < -0.4 is 5.32 Å². The monoisotopic (exact) mass is 393 g/mol. The Hall–Kier alpha value is -2.68. The highest BCUT2D eigenvalue weighted by molar-refractivity contribution is 5.92. The van der Waals surface area contributed by atoms with Crippen molar-refractivity contribution in [3.8, 4) is 0 Å². The van der Waals surface area contributed by atoms with Gasteiger partial charge in [0, 0.05) is 37.6 Å². The molecule has 3 rings (SSSR count). The molecule has 0 aliphatic carbocycles. The lowest BCUT2D eigenvalue weighted by molar-refractivity contribution is -0.137. The molecule has 1 aromatic heterocycles. The number of nitrogens with one attached hydrogen (secondary N) is 1. The molecule has 2 aromatic rings. The highest BCUT2D eigenvalue weighted by Crippen LogP contribution is 2.31. The molecule has 28 heavy (non-hydrogen) atoms. The van der Waals surface area contributed by atoms with Gasteiger partial charge in [-0.15, -0.1) is 0 Å². The Kier molecular flexibility index (Phi) is 5.83. The van der Waals surface area contributed by atoms with Crippen LogP contribution in [0.4, 0.5) is 24.8 Å². The minimum atomic E-state index is -4.44. The Morgan fingerprint density at radius 3 is 2.50 bits per heavy atom. The molecule has 1 amide bonds. The third-order valence-electron chi connectivity index (χ3n) is 4.63. The second-order valence-corrected chi connectivity index (χ2v) is 6.65. The summed E-state index contributed by atoms with van der Waals surface area (Å²) in [6.45, 7) is 7.59. The van der Waals surface area contributed by atoms with Crippen molar-refractivity contribution in [2.75, 3.05) is 38.0 Å². The highest BCUT2D eigenvalue weighted by atomic mass is 19.4. The van der Waals surface area contributed by atoms with E-state index in [9.17, 15) is 18.0 Å². The van der Waals surface area contributed by atoms with E-state index in [-0.39, 0.29) is 23.2 Å². The summed E-state index contributed by atoms with van der Waals surface area (Å²) in [5, 5.41) is 2.77. The van der Waals surface area contributed by atoms with Gasteiger partial charge in [0.15, 0.2) is 0 Å². The number of carbonyl (C=O) groups is 1. The SMILES string of the molecule is CCN1CCN(C(=O)c2cc(C)nc(Nc3cccc(C(F)(F)F)c3)n2)CC1. The molecule has 1 aromatic carbocycles. The van der Waals surface area contributed by atoms with Crippen molar-refractivity contribution in [1.82, 2.24) is 19.8 Å². The molecule has 1 fully saturated rings. The first-order valence-corrected chi connectivity index (χ1v) is 9.08. The van der Waals surface area contributed by atoms with E-state index in [4.69, 9.17) is 0 Å². The maximum atomic E-state index is 12.9. The van der Waals surface area contributed by atoms with Gasteiger partial charge in [-0.3, -0.25) is 4.79 Å². The van der Waals surface area contributed by atoms with Crippen LogP contribution in [0.2, 0.25) is 0 Å². The zero-order valence-corrected chi connectivity index (χ0v) is 15.8. The van der Waals surface area contributed by atoms with Gasteiger partial charge in [0.05, 0.1) is 5.56 Å². The molecule has 0 saturated carbocycles. The number of amides is 1. The zero-order chi connectivity index (χ0) is 20.3. The third-order valence-corrected chi connectivity index (χ3v) is 4.63. The van der Waals surface area contributed by atoms with E-state index in [0.29, 0.717) is 18.8 Å².